The SMILES string of the molecule is Cl.NCc1cc(F)cc(B(O)O)c1. The smallest absolute Gasteiger partial charge is 0.423 e. The molecule has 3 nitrogen and oxygen atoms in total. The predicted molar refractivity (Wildman–Crippen MR) is 51.4 cm³/mol. The van der Waals surface area contributed by atoms with Crippen LogP contribution in [0, 0.1) is 5.82 Å². The fourth-order valence-corrected chi connectivity index (χ4v) is 0.942. The van der Waals surface area contributed by atoms with E-state index in [-0.39, 0.29) is 24.4 Å². The molecule has 1 aromatic rings. The number of hydrogen-bond acceptors (Lipinski definition) is 3. The molecule has 13 heavy (non-hydrogen) atoms. The van der Waals surface area contributed by atoms with Gasteiger partial charge in [-0.25, -0.2) is 4.39 Å². The third-order valence-corrected chi connectivity index (χ3v) is 1.51. The van der Waals surface area contributed by atoms with Crippen molar-refractivity contribution in [2.75, 3.05) is 0 Å². The summed E-state index contributed by atoms with van der Waals surface area (Å²) in [5, 5.41) is 17.4. The van der Waals surface area contributed by atoms with Crippen LogP contribution < -0.4 is 11.2 Å². The second-order valence-electron chi connectivity index (χ2n) is 2.47. The first-order chi connectivity index (χ1) is 5.63. The summed E-state index contributed by atoms with van der Waals surface area (Å²) < 4.78 is 12.7. The Balaban J connectivity index is 0.00000144. The van der Waals surface area contributed by atoms with Crippen molar-refractivity contribution in [1.82, 2.24) is 0 Å². The second kappa shape index (κ2) is 5.19. The maximum Gasteiger partial charge on any atom is 0.488 e. The van der Waals surface area contributed by atoms with Gasteiger partial charge in [-0.3, -0.25) is 0 Å². The zero-order chi connectivity index (χ0) is 9.14. The van der Waals surface area contributed by atoms with E-state index in [1.165, 1.54) is 12.1 Å². The van der Waals surface area contributed by atoms with Gasteiger partial charge in [-0.05, 0) is 23.2 Å². The van der Waals surface area contributed by atoms with Crippen molar-refractivity contribution in [2.24, 2.45) is 5.73 Å². The molecule has 0 aliphatic heterocycles. The van der Waals surface area contributed by atoms with Gasteiger partial charge in [-0.1, -0.05) is 6.07 Å². The highest BCUT2D eigenvalue weighted by atomic mass is 35.5. The lowest BCUT2D eigenvalue weighted by molar-refractivity contribution is 0.425. The highest BCUT2D eigenvalue weighted by Crippen LogP contribution is 2.00. The fraction of sp³-hybridized carbons (Fsp3) is 0.143. The molecule has 0 radical (unpaired) electrons. The van der Waals surface area contributed by atoms with E-state index in [9.17, 15) is 4.39 Å². The second-order valence-corrected chi connectivity index (χ2v) is 2.47. The molecule has 1 rings (SSSR count). The maximum absolute atomic E-state index is 12.7. The predicted octanol–water partition coefficient (Wildman–Crippen LogP) is -0.614. The molecule has 0 amide bonds. The zero-order valence-electron chi connectivity index (χ0n) is 6.77. The van der Waals surface area contributed by atoms with Gasteiger partial charge < -0.3 is 15.8 Å². The third-order valence-electron chi connectivity index (χ3n) is 1.51. The first-order valence-corrected chi connectivity index (χ1v) is 3.49. The van der Waals surface area contributed by atoms with Gasteiger partial charge in [0.15, 0.2) is 0 Å². The van der Waals surface area contributed by atoms with Crippen LogP contribution in [-0.4, -0.2) is 17.2 Å². The molecule has 6 heteroatoms. The van der Waals surface area contributed by atoms with Crippen molar-refractivity contribution in [2.45, 2.75) is 6.54 Å². The molecule has 0 aliphatic rings. The van der Waals surface area contributed by atoms with E-state index in [0.717, 1.165) is 6.07 Å². The van der Waals surface area contributed by atoms with Crippen LogP contribution in [0.1, 0.15) is 5.56 Å². The quantitative estimate of drug-likeness (QED) is 0.564. The Labute approximate surface area is 81.9 Å². The van der Waals surface area contributed by atoms with Gasteiger partial charge in [-0.2, -0.15) is 0 Å². The molecule has 0 bridgehead atoms. The van der Waals surface area contributed by atoms with Crippen molar-refractivity contribution in [3.63, 3.8) is 0 Å². The third kappa shape index (κ3) is 3.32. The summed E-state index contributed by atoms with van der Waals surface area (Å²) in [6.45, 7) is 0.178. The van der Waals surface area contributed by atoms with Crippen LogP contribution in [0.15, 0.2) is 18.2 Å². The Bertz CT molecular complexity index is 285. The van der Waals surface area contributed by atoms with E-state index in [0.29, 0.717) is 5.56 Å². The number of benzene rings is 1. The zero-order valence-corrected chi connectivity index (χ0v) is 7.59. The summed E-state index contributed by atoms with van der Waals surface area (Å²) in [6.07, 6.45) is 0. The topological polar surface area (TPSA) is 66.5 Å². The van der Waals surface area contributed by atoms with Crippen molar-refractivity contribution in [1.29, 1.82) is 0 Å². The van der Waals surface area contributed by atoms with Crippen LogP contribution in [0.4, 0.5) is 4.39 Å². The van der Waals surface area contributed by atoms with Crippen LogP contribution in [0.5, 0.6) is 0 Å². The molecule has 0 spiro atoms. The van der Waals surface area contributed by atoms with E-state index < -0.39 is 12.9 Å². The molecule has 0 aliphatic carbocycles. The van der Waals surface area contributed by atoms with Gasteiger partial charge in [0.05, 0.1) is 0 Å². The summed E-state index contributed by atoms with van der Waals surface area (Å²) in [5.74, 6) is -0.513. The monoisotopic (exact) mass is 205 g/mol. The van der Waals surface area contributed by atoms with E-state index in [2.05, 4.69) is 0 Å². The largest absolute Gasteiger partial charge is 0.488 e. The standard InChI is InChI=1S/C7H9BFNO2.ClH/c9-7-2-5(4-10)1-6(3-7)8(11)12;/h1-3,11-12H,4,10H2;1H. The van der Waals surface area contributed by atoms with Gasteiger partial charge in [0.1, 0.15) is 5.82 Å². The molecular weight excluding hydrogens is 195 g/mol. The average molecular weight is 205 g/mol. The molecule has 0 saturated heterocycles. The minimum atomic E-state index is -1.65. The lowest BCUT2D eigenvalue weighted by atomic mass is 9.79. The lowest BCUT2D eigenvalue weighted by Crippen LogP contribution is -2.30. The molecule has 1 aromatic carbocycles. The van der Waals surface area contributed by atoms with Crippen molar-refractivity contribution in [3.8, 4) is 0 Å². The Kier molecular flexibility index (Phi) is 4.94. The highest BCUT2D eigenvalue weighted by Gasteiger charge is 2.12. The fourth-order valence-electron chi connectivity index (χ4n) is 0.942. The van der Waals surface area contributed by atoms with Crippen LogP contribution in [0.3, 0.4) is 0 Å². The van der Waals surface area contributed by atoms with E-state index in [4.69, 9.17) is 15.8 Å². The highest BCUT2D eigenvalue weighted by molar-refractivity contribution is 6.58. The summed E-state index contributed by atoms with van der Waals surface area (Å²) in [7, 11) is -1.65. The number of rotatable bonds is 2. The number of hydrogen-bond donors (Lipinski definition) is 3. The van der Waals surface area contributed by atoms with Gasteiger partial charge in [0, 0.05) is 6.54 Å². The van der Waals surface area contributed by atoms with Gasteiger partial charge in [0.25, 0.3) is 0 Å². The van der Waals surface area contributed by atoms with Crippen molar-refractivity contribution < 1.29 is 14.4 Å². The number of nitrogens with two attached hydrogens (primary N) is 1. The molecule has 0 unspecified atom stereocenters. The van der Waals surface area contributed by atoms with Crippen molar-refractivity contribution >= 4 is 25.0 Å². The Morgan fingerprint density at radius 2 is 1.92 bits per heavy atom. The Hall–Kier alpha value is -0.615. The van der Waals surface area contributed by atoms with Gasteiger partial charge in [-0.15, -0.1) is 12.4 Å². The summed E-state index contributed by atoms with van der Waals surface area (Å²) in [4.78, 5) is 0. The molecule has 4 N–H and O–H groups in total. The van der Waals surface area contributed by atoms with Crippen LogP contribution in [0.2, 0.25) is 0 Å². The Morgan fingerprint density at radius 1 is 1.31 bits per heavy atom. The minimum Gasteiger partial charge on any atom is -0.423 e. The normalized spacial score (nSPS) is 9.23. The molecule has 0 heterocycles. The molecule has 0 atom stereocenters. The van der Waals surface area contributed by atoms with Crippen LogP contribution >= 0.6 is 12.4 Å². The van der Waals surface area contributed by atoms with Crippen LogP contribution in [-0.2, 0) is 6.54 Å². The molecule has 0 aromatic heterocycles. The van der Waals surface area contributed by atoms with E-state index >= 15 is 0 Å². The minimum absolute atomic E-state index is 0. The van der Waals surface area contributed by atoms with Gasteiger partial charge >= 0.3 is 7.12 Å². The van der Waals surface area contributed by atoms with E-state index in [1.54, 1.807) is 0 Å². The molecule has 0 saturated carbocycles. The average Bonchev–Trinajstić information content (AvgIpc) is 2.03. The van der Waals surface area contributed by atoms with Crippen molar-refractivity contribution in [3.05, 3.63) is 29.6 Å². The van der Waals surface area contributed by atoms with Gasteiger partial charge in [0.2, 0.25) is 0 Å². The van der Waals surface area contributed by atoms with Crippen LogP contribution in [0.25, 0.3) is 0 Å². The Morgan fingerprint density at radius 3 is 2.38 bits per heavy atom. The first kappa shape index (κ1) is 12.4. The lowest BCUT2D eigenvalue weighted by Gasteiger charge is -2.02. The molecule has 0 fully saturated rings. The molecule has 72 valence electrons. The first-order valence-electron chi connectivity index (χ1n) is 3.49. The maximum atomic E-state index is 12.7. The van der Waals surface area contributed by atoms with E-state index in [1.807, 2.05) is 0 Å². The number of halogens is 2. The summed E-state index contributed by atoms with van der Waals surface area (Å²) in [5.41, 5.74) is 5.92. The summed E-state index contributed by atoms with van der Waals surface area (Å²) in [6, 6.07) is 3.77. The molecular formula is C7H10BClFNO2. The summed E-state index contributed by atoms with van der Waals surface area (Å²) >= 11 is 0.